The van der Waals surface area contributed by atoms with Gasteiger partial charge >= 0.3 is 0 Å². The highest BCUT2D eigenvalue weighted by atomic mass is 16.2. The predicted octanol–water partition coefficient (Wildman–Crippen LogP) is 0.399. The molecule has 7 heteroatoms. The van der Waals surface area contributed by atoms with E-state index >= 15 is 0 Å². The lowest BCUT2D eigenvalue weighted by Crippen LogP contribution is -2.33. The zero-order valence-corrected chi connectivity index (χ0v) is 9.65. The van der Waals surface area contributed by atoms with Crippen LogP contribution in [0.15, 0.2) is 24.5 Å². The fourth-order valence-electron chi connectivity index (χ4n) is 1.82. The third kappa shape index (κ3) is 2.20. The quantitative estimate of drug-likeness (QED) is 0.841. The monoisotopic (exact) mass is 244 g/mol. The molecule has 1 fully saturated rings. The van der Waals surface area contributed by atoms with E-state index in [0.29, 0.717) is 12.6 Å². The molecule has 0 spiro atoms. The van der Waals surface area contributed by atoms with Crippen molar-refractivity contribution in [2.24, 2.45) is 0 Å². The smallest absolute Gasteiger partial charge is 0.296 e. The minimum atomic E-state index is -0.178. The summed E-state index contributed by atoms with van der Waals surface area (Å²) in [6.07, 6.45) is 5.52. The summed E-state index contributed by atoms with van der Waals surface area (Å²) in [6.45, 7) is 0.556. The number of hydrogen-bond donors (Lipinski definition) is 1. The SMILES string of the molecule is O=C(c1nn[nH]n1)N(Cc1ccncc1)C1CC1. The van der Waals surface area contributed by atoms with Crippen molar-refractivity contribution in [2.45, 2.75) is 25.4 Å². The minimum absolute atomic E-state index is 0.121. The van der Waals surface area contributed by atoms with Gasteiger partial charge in [-0.25, -0.2) is 0 Å². The maximum absolute atomic E-state index is 12.2. The molecule has 0 atom stereocenters. The van der Waals surface area contributed by atoms with E-state index < -0.39 is 0 Å². The van der Waals surface area contributed by atoms with Crippen molar-refractivity contribution in [1.29, 1.82) is 0 Å². The molecule has 1 aliphatic carbocycles. The van der Waals surface area contributed by atoms with E-state index in [0.717, 1.165) is 18.4 Å². The first kappa shape index (κ1) is 10.8. The molecule has 1 amide bonds. The van der Waals surface area contributed by atoms with Crippen LogP contribution >= 0.6 is 0 Å². The maximum atomic E-state index is 12.2. The van der Waals surface area contributed by atoms with Crippen molar-refractivity contribution in [1.82, 2.24) is 30.5 Å². The van der Waals surface area contributed by atoms with Gasteiger partial charge in [-0.3, -0.25) is 9.78 Å². The first-order valence-corrected chi connectivity index (χ1v) is 5.78. The van der Waals surface area contributed by atoms with Crippen LogP contribution in [-0.2, 0) is 6.54 Å². The number of nitrogens with one attached hydrogen (secondary N) is 1. The zero-order chi connectivity index (χ0) is 12.4. The highest BCUT2D eigenvalue weighted by molar-refractivity contribution is 5.90. The molecule has 1 saturated carbocycles. The number of carbonyl (C=O) groups is 1. The van der Waals surface area contributed by atoms with Crippen LogP contribution in [0.3, 0.4) is 0 Å². The normalized spacial score (nSPS) is 14.4. The molecule has 0 bridgehead atoms. The predicted molar refractivity (Wildman–Crippen MR) is 61.3 cm³/mol. The third-order valence-electron chi connectivity index (χ3n) is 2.89. The summed E-state index contributed by atoms with van der Waals surface area (Å²) >= 11 is 0. The standard InChI is InChI=1S/C11H12N6O/c18-11(10-13-15-16-14-10)17(9-1-2-9)7-8-3-5-12-6-4-8/h3-6,9H,1-2,7H2,(H,13,14,15,16). The molecule has 0 aromatic carbocycles. The molecule has 2 heterocycles. The highest BCUT2D eigenvalue weighted by Gasteiger charge is 2.34. The van der Waals surface area contributed by atoms with Gasteiger partial charge in [-0.05, 0) is 35.8 Å². The van der Waals surface area contributed by atoms with Crippen LogP contribution in [0.25, 0.3) is 0 Å². The van der Waals surface area contributed by atoms with Gasteiger partial charge in [0.15, 0.2) is 0 Å². The van der Waals surface area contributed by atoms with E-state index in [9.17, 15) is 4.79 Å². The molecule has 1 aliphatic rings. The van der Waals surface area contributed by atoms with Crippen molar-refractivity contribution in [3.63, 3.8) is 0 Å². The van der Waals surface area contributed by atoms with Gasteiger partial charge in [0.25, 0.3) is 11.7 Å². The summed E-state index contributed by atoms with van der Waals surface area (Å²) in [5, 5.41) is 13.2. The molecule has 7 nitrogen and oxygen atoms in total. The Labute approximate surface area is 103 Å². The van der Waals surface area contributed by atoms with Crippen LogP contribution in [0.2, 0.25) is 0 Å². The Balaban J connectivity index is 1.79. The fraction of sp³-hybridized carbons (Fsp3) is 0.364. The number of carbonyl (C=O) groups excluding carboxylic acids is 1. The van der Waals surface area contributed by atoms with Crippen LogP contribution in [-0.4, -0.2) is 42.5 Å². The number of rotatable bonds is 4. The highest BCUT2D eigenvalue weighted by Crippen LogP contribution is 2.29. The Hall–Kier alpha value is -2.31. The van der Waals surface area contributed by atoms with Crippen LogP contribution in [0.5, 0.6) is 0 Å². The average molecular weight is 244 g/mol. The van der Waals surface area contributed by atoms with E-state index in [1.54, 1.807) is 17.3 Å². The van der Waals surface area contributed by atoms with E-state index in [2.05, 4.69) is 25.6 Å². The van der Waals surface area contributed by atoms with Crippen LogP contribution in [0, 0.1) is 0 Å². The summed E-state index contributed by atoms with van der Waals surface area (Å²) in [5.41, 5.74) is 1.05. The van der Waals surface area contributed by atoms with Gasteiger partial charge in [-0.1, -0.05) is 0 Å². The Morgan fingerprint density at radius 1 is 1.39 bits per heavy atom. The Bertz CT molecular complexity index is 522. The summed E-state index contributed by atoms with van der Waals surface area (Å²) in [7, 11) is 0. The molecule has 92 valence electrons. The van der Waals surface area contributed by atoms with Gasteiger partial charge in [-0.15, -0.1) is 10.2 Å². The second-order valence-electron chi connectivity index (χ2n) is 4.26. The number of aromatic amines is 1. The number of nitrogens with zero attached hydrogens (tertiary/aromatic N) is 5. The molecular formula is C11H12N6O. The van der Waals surface area contributed by atoms with Gasteiger partial charge in [0.2, 0.25) is 0 Å². The van der Waals surface area contributed by atoms with Crippen LogP contribution in [0.1, 0.15) is 29.0 Å². The van der Waals surface area contributed by atoms with E-state index in [1.165, 1.54) is 0 Å². The first-order valence-electron chi connectivity index (χ1n) is 5.78. The van der Waals surface area contributed by atoms with Crippen molar-refractivity contribution >= 4 is 5.91 Å². The van der Waals surface area contributed by atoms with Crippen molar-refractivity contribution in [3.8, 4) is 0 Å². The number of hydrogen-bond acceptors (Lipinski definition) is 5. The number of amides is 1. The minimum Gasteiger partial charge on any atom is -0.328 e. The largest absolute Gasteiger partial charge is 0.328 e. The van der Waals surface area contributed by atoms with Gasteiger partial charge in [0.05, 0.1) is 0 Å². The molecule has 0 radical (unpaired) electrons. The maximum Gasteiger partial charge on any atom is 0.296 e. The Morgan fingerprint density at radius 3 is 2.78 bits per heavy atom. The molecule has 1 N–H and O–H groups in total. The second-order valence-corrected chi connectivity index (χ2v) is 4.26. The summed E-state index contributed by atoms with van der Waals surface area (Å²) in [5.74, 6) is -0.0565. The lowest BCUT2D eigenvalue weighted by molar-refractivity contribution is 0.0717. The number of H-pyrrole nitrogens is 1. The van der Waals surface area contributed by atoms with Crippen molar-refractivity contribution < 1.29 is 4.79 Å². The number of pyridine rings is 1. The molecule has 18 heavy (non-hydrogen) atoms. The second kappa shape index (κ2) is 4.52. The van der Waals surface area contributed by atoms with Gasteiger partial charge < -0.3 is 4.90 Å². The molecule has 0 saturated heterocycles. The van der Waals surface area contributed by atoms with E-state index in [4.69, 9.17) is 0 Å². The van der Waals surface area contributed by atoms with E-state index in [-0.39, 0.29) is 11.7 Å². The molecule has 0 unspecified atom stereocenters. The first-order chi connectivity index (χ1) is 8.84. The zero-order valence-electron chi connectivity index (χ0n) is 9.65. The topological polar surface area (TPSA) is 87.7 Å². The van der Waals surface area contributed by atoms with Crippen molar-refractivity contribution in [3.05, 3.63) is 35.9 Å². The third-order valence-corrected chi connectivity index (χ3v) is 2.89. The summed E-state index contributed by atoms with van der Waals surface area (Å²) in [6, 6.07) is 4.10. The number of aromatic nitrogens is 5. The molecule has 2 aromatic rings. The summed E-state index contributed by atoms with van der Waals surface area (Å²) in [4.78, 5) is 18.0. The van der Waals surface area contributed by atoms with Gasteiger partial charge in [-0.2, -0.15) is 5.21 Å². The molecule has 2 aromatic heterocycles. The molecule has 0 aliphatic heterocycles. The number of tetrazole rings is 1. The molecule has 3 rings (SSSR count). The lowest BCUT2D eigenvalue weighted by atomic mass is 10.2. The van der Waals surface area contributed by atoms with Crippen molar-refractivity contribution in [2.75, 3.05) is 0 Å². The average Bonchev–Trinajstić information content (AvgIpc) is 3.10. The molecular weight excluding hydrogens is 232 g/mol. The lowest BCUT2D eigenvalue weighted by Gasteiger charge is -2.20. The Morgan fingerprint density at radius 2 is 2.17 bits per heavy atom. The van der Waals surface area contributed by atoms with E-state index in [1.807, 2.05) is 12.1 Å². The van der Waals surface area contributed by atoms with Gasteiger partial charge in [0, 0.05) is 25.0 Å². The summed E-state index contributed by atoms with van der Waals surface area (Å²) < 4.78 is 0. The fourth-order valence-corrected chi connectivity index (χ4v) is 1.82. The van der Waals surface area contributed by atoms with Gasteiger partial charge in [0.1, 0.15) is 0 Å². The Kier molecular flexibility index (Phi) is 2.71. The van der Waals surface area contributed by atoms with Crippen LogP contribution < -0.4 is 0 Å². The van der Waals surface area contributed by atoms with Crippen LogP contribution in [0.4, 0.5) is 0 Å².